The van der Waals surface area contributed by atoms with Crippen LogP contribution < -0.4 is 0 Å². The second kappa shape index (κ2) is 13.6. The standard InChI is InChI=1S/C10H18.C8H8O2/c1-3-5-7-9-10-8-6-4-2;9-8(10)6-7-4-2-1-3-5-7/h3,9-10H,1,4-8H2,2H3;1-5H,6H2,(H,9,10). The van der Waals surface area contributed by atoms with E-state index in [0.29, 0.717) is 0 Å². The fourth-order valence-corrected chi connectivity index (χ4v) is 1.54. The third-order valence-corrected chi connectivity index (χ3v) is 2.63. The molecule has 0 amide bonds. The van der Waals surface area contributed by atoms with Crippen molar-refractivity contribution in [1.29, 1.82) is 0 Å². The lowest BCUT2D eigenvalue weighted by Gasteiger charge is -1.92. The Morgan fingerprint density at radius 1 is 1.15 bits per heavy atom. The highest BCUT2D eigenvalue weighted by atomic mass is 16.4. The zero-order valence-corrected chi connectivity index (χ0v) is 12.4. The van der Waals surface area contributed by atoms with Crippen LogP contribution in [0.3, 0.4) is 0 Å². The maximum absolute atomic E-state index is 10.2. The van der Waals surface area contributed by atoms with Gasteiger partial charge in [0.15, 0.2) is 0 Å². The van der Waals surface area contributed by atoms with Crippen molar-refractivity contribution in [2.45, 2.75) is 45.4 Å². The summed E-state index contributed by atoms with van der Waals surface area (Å²) in [5, 5.41) is 8.37. The number of carboxylic acids is 1. The molecule has 0 bridgehead atoms. The highest BCUT2D eigenvalue weighted by molar-refractivity contribution is 5.70. The molecule has 1 rings (SSSR count). The Labute approximate surface area is 122 Å². The van der Waals surface area contributed by atoms with Crippen molar-refractivity contribution in [2.24, 2.45) is 0 Å². The number of aliphatic carboxylic acids is 1. The largest absolute Gasteiger partial charge is 0.481 e. The number of hydrogen-bond donors (Lipinski definition) is 1. The van der Waals surface area contributed by atoms with Crippen molar-refractivity contribution in [3.05, 3.63) is 60.7 Å². The minimum Gasteiger partial charge on any atom is -0.481 e. The van der Waals surface area contributed by atoms with Gasteiger partial charge in [0.1, 0.15) is 0 Å². The molecule has 0 aliphatic carbocycles. The van der Waals surface area contributed by atoms with E-state index in [4.69, 9.17) is 5.11 Å². The minimum absolute atomic E-state index is 0.112. The Hall–Kier alpha value is -1.83. The molecule has 1 aromatic carbocycles. The number of rotatable bonds is 8. The highest BCUT2D eigenvalue weighted by Gasteiger charge is 1.96. The van der Waals surface area contributed by atoms with Gasteiger partial charge in [-0.3, -0.25) is 4.79 Å². The summed E-state index contributed by atoms with van der Waals surface area (Å²) in [5.74, 6) is -0.786. The van der Waals surface area contributed by atoms with Crippen LogP contribution in [0.4, 0.5) is 0 Å². The Kier molecular flexibility index (Phi) is 12.4. The van der Waals surface area contributed by atoms with Gasteiger partial charge in [0.25, 0.3) is 0 Å². The number of allylic oxidation sites excluding steroid dienone is 3. The van der Waals surface area contributed by atoms with Crippen molar-refractivity contribution in [3.63, 3.8) is 0 Å². The maximum atomic E-state index is 10.2. The second-order valence-electron chi connectivity index (χ2n) is 4.54. The van der Waals surface area contributed by atoms with Gasteiger partial charge in [-0.1, -0.05) is 68.3 Å². The molecule has 0 aromatic heterocycles. The molecule has 1 N–H and O–H groups in total. The molecule has 0 spiro atoms. The smallest absolute Gasteiger partial charge is 0.307 e. The molecule has 0 aliphatic rings. The lowest BCUT2D eigenvalue weighted by Crippen LogP contribution is -1.98. The normalized spacial score (nSPS) is 9.85. The Balaban J connectivity index is 0.000000361. The maximum Gasteiger partial charge on any atom is 0.307 e. The van der Waals surface area contributed by atoms with E-state index in [-0.39, 0.29) is 6.42 Å². The summed E-state index contributed by atoms with van der Waals surface area (Å²) in [6, 6.07) is 9.13. The van der Waals surface area contributed by atoms with E-state index >= 15 is 0 Å². The first-order chi connectivity index (χ1) is 9.70. The molecule has 0 fully saturated rings. The first-order valence-corrected chi connectivity index (χ1v) is 7.22. The van der Waals surface area contributed by atoms with Gasteiger partial charge in [0, 0.05) is 0 Å². The van der Waals surface area contributed by atoms with Gasteiger partial charge in [-0.25, -0.2) is 0 Å². The summed E-state index contributed by atoms with van der Waals surface area (Å²) in [7, 11) is 0. The van der Waals surface area contributed by atoms with Gasteiger partial charge in [0.2, 0.25) is 0 Å². The average Bonchev–Trinajstić information content (AvgIpc) is 2.44. The highest BCUT2D eigenvalue weighted by Crippen LogP contribution is 1.98. The minimum atomic E-state index is -0.786. The van der Waals surface area contributed by atoms with Gasteiger partial charge in [-0.2, -0.15) is 0 Å². The molecule has 1 aromatic rings. The van der Waals surface area contributed by atoms with E-state index in [1.165, 1.54) is 19.3 Å². The molecular formula is C18H26O2. The van der Waals surface area contributed by atoms with Crippen LogP contribution in [-0.2, 0) is 11.2 Å². The van der Waals surface area contributed by atoms with Crippen molar-refractivity contribution in [1.82, 2.24) is 0 Å². The van der Waals surface area contributed by atoms with Gasteiger partial charge in [-0.05, 0) is 24.8 Å². The summed E-state index contributed by atoms with van der Waals surface area (Å²) in [4.78, 5) is 10.2. The van der Waals surface area contributed by atoms with E-state index in [2.05, 4.69) is 25.7 Å². The quantitative estimate of drug-likeness (QED) is 0.534. The lowest BCUT2D eigenvalue weighted by molar-refractivity contribution is -0.136. The molecule has 0 radical (unpaired) electrons. The van der Waals surface area contributed by atoms with Crippen molar-refractivity contribution >= 4 is 5.97 Å². The van der Waals surface area contributed by atoms with Crippen LogP contribution in [0.25, 0.3) is 0 Å². The SMILES string of the molecule is C=CCCC=CCCCC.O=C(O)Cc1ccccc1. The van der Waals surface area contributed by atoms with E-state index in [9.17, 15) is 4.79 Å². The van der Waals surface area contributed by atoms with E-state index in [0.717, 1.165) is 18.4 Å². The number of carbonyl (C=O) groups is 1. The summed E-state index contributed by atoms with van der Waals surface area (Å²) in [5.41, 5.74) is 0.843. The summed E-state index contributed by atoms with van der Waals surface area (Å²) in [6.07, 6.45) is 12.7. The van der Waals surface area contributed by atoms with Gasteiger partial charge >= 0.3 is 5.97 Å². The molecule has 20 heavy (non-hydrogen) atoms. The molecule has 0 saturated carbocycles. The van der Waals surface area contributed by atoms with Crippen LogP contribution in [0, 0.1) is 0 Å². The third-order valence-electron chi connectivity index (χ3n) is 2.63. The fraction of sp³-hybridized carbons (Fsp3) is 0.389. The molecule has 2 heteroatoms. The lowest BCUT2D eigenvalue weighted by atomic mass is 10.2. The van der Waals surface area contributed by atoms with Crippen LogP contribution >= 0.6 is 0 Å². The van der Waals surface area contributed by atoms with Crippen molar-refractivity contribution in [2.75, 3.05) is 0 Å². The van der Waals surface area contributed by atoms with Crippen LogP contribution in [0.1, 0.15) is 44.6 Å². The van der Waals surface area contributed by atoms with Gasteiger partial charge in [0.05, 0.1) is 6.42 Å². The summed E-state index contributed by atoms with van der Waals surface area (Å²) < 4.78 is 0. The predicted octanol–water partition coefficient (Wildman–Crippen LogP) is 5.01. The molecular weight excluding hydrogens is 248 g/mol. The molecule has 0 atom stereocenters. The molecule has 0 unspecified atom stereocenters. The monoisotopic (exact) mass is 274 g/mol. The average molecular weight is 274 g/mol. The molecule has 0 saturated heterocycles. The van der Waals surface area contributed by atoms with E-state index in [1.807, 2.05) is 24.3 Å². The topological polar surface area (TPSA) is 37.3 Å². The first-order valence-electron chi connectivity index (χ1n) is 7.22. The summed E-state index contributed by atoms with van der Waals surface area (Å²) >= 11 is 0. The van der Waals surface area contributed by atoms with Crippen molar-refractivity contribution < 1.29 is 9.90 Å². The third kappa shape index (κ3) is 12.6. The zero-order valence-electron chi connectivity index (χ0n) is 12.4. The van der Waals surface area contributed by atoms with Crippen LogP contribution in [0.15, 0.2) is 55.1 Å². The Bertz CT molecular complexity index is 380. The predicted molar refractivity (Wildman–Crippen MR) is 85.9 cm³/mol. The number of hydrogen-bond acceptors (Lipinski definition) is 1. The fourth-order valence-electron chi connectivity index (χ4n) is 1.54. The van der Waals surface area contributed by atoms with Crippen molar-refractivity contribution in [3.8, 4) is 0 Å². The zero-order chi connectivity index (χ0) is 15.1. The van der Waals surface area contributed by atoms with Crippen LogP contribution in [0.2, 0.25) is 0 Å². The van der Waals surface area contributed by atoms with E-state index in [1.54, 1.807) is 12.1 Å². The molecule has 0 heterocycles. The number of benzene rings is 1. The van der Waals surface area contributed by atoms with Gasteiger partial charge < -0.3 is 5.11 Å². The molecule has 0 aliphatic heterocycles. The molecule has 2 nitrogen and oxygen atoms in total. The van der Waals surface area contributed by atoms with Crippen LogP contribution in [0.5, 0.6) is 0 Å². The van der Waals surface area contributed by atoms with Gasteiger partial charge in [-0.15, -0.1) is 6.58 Å². The Morgan fingerprint density at radius 2 is 1.80 bits per heavy atom. The number of carboxylic acid groups (broad SMARTS) is 1. The second-order valence-corrected chi connectivity index (χ2v) is 4.54. The summed E-state index contributed by atoms with van der Waals surface area (Å²) in [6.45, 7) is 5.88. The first kappa shape index (κ1) is 18.2. The van der Waals surface area contributed by atoms with Crippen LogP contribution in [-0.4, -0.2) is 11.1 Å². The number of unbranched alkanes of at least 4 members (excludes halogenated alkanes) is 3. The molecule has 110 valence electrons. The van der Waals surface area contributed by atoms with E-state index < -0.39 is 5.97 Å². The Morgan fingerprint density at radius 3 is 2.35 bits per heavy atom.